The molecule has 0 unspecified atom stereocenters. The van der Waals surface area contributed by atoms with Gasteiger partial charge in [0.25, 0.3) is 5.56 Å². The molecule has 0 saturated carbocycles. The van der Waals surface area contributed by atoms with Crippen molar-refractivity contribution in [1.29, 1.82) is 0 Å². The molecule has 1 saturated heterocycles. The molecular formula is C12H20N6O3. The van der Waals surface area contributed by atoms with E-state index in [1.54, 1.807) is 0 Å². The molecule has 2 rings (SSSR count). The summed E-state index contributed by atoms with van der Waals surface area (Å²) in [6.07, 6.45) is 1.56. The number of nitrogens with two attached hydrogens (primary N) is 1. The second kappa shape index (κ2) is 6.08. The van der Waals surface area contributed by atoms with Gasteiger partial charge in [-0.2, -0.15) is 0 Å². The van der Waals surface area contributed by atoms with E-state index in [2.05, 4.69) is 10.4 Å². The van der Waals surface area contributed by atoms with Crippen LogP contribution in [0.15, 0.2) is 9.59 Å². The summed E-state index contributed by atoms with van der Waals surface area (Å²) in [5, 5.41) is 7.05. The molecule has 0 atom stereocenters. The first-order chi connectivity index (χ1) is 9.88. The predicted octanol–water partition coefficient (Wildman–Crippen LogP) is -2.16. The smallest absolute Gasteiger partial charge is 0.346 e. The van der Waals surface area contributed by atoms with Crippen molar-refractivity contribution in [3.05, 3.63) is 20.8 Å². The Morgan fingerprint density at radius 2 is 1.95 bits per heavy atom. The molecular weight excluding hydrogens is 276 g/mol. The van der Waals surface area contributed by atoms with Crippen LogP contribution in [-0.4, -0.2) is 50.8 Å². The number of aryl methyl sites for hydroxylation is 1. The summed E-state index contributed by atoms with van der Waals surface area (Å²) in [7, 11) is 2.93. The topological polar surface area (TPSA) is 115 Å². The predicted molar refractivity (Wildman–Crippen MR) is 77.0 cm³/mol. The Morgan fingerprint density at radius 1 is 1.33 bits per heavy atom. The molecule has 0 spiro atoms. The van der Waals surface area contributed by atoms with Crippen molar-refractivity contribution in [1.82, 2.24) is 19.2 Å². The quantitative estimate of drug-likeness (QED) is 0.654. The van der Waals surface area contributed by atoms with Crippen molar-refractivity contribution in [2.75, 3.05) is 25.0 Å². The van der Waals surface area contributed by atoms with E-state index in [-0.39, 0.29) is 24.3 Å². The summed E-state index contributed by atoms with van der Waals surface area (Å²) < 4.78 is 2.16. The standard InChI is InChI=1S/C12H20N6O3/c1-16-11(20)10(15-17(2)12(16)21)14-8-3-5-18(6-4-8)7-9(13)19/h8H,3-7H2,1-2H3,(H2,13,19)(H,14,15). The lowest BCUT2D eigenvalue weighted by Gasteiger charge is -2.31. The zero-order chi connectivity index (χ0) is 15.6. The largest absolute Gasteiger partial charge is 0.369 e. The molecule has 116 valence electrons. The molecule has 1 amide bonds. The van der Waals surface area contributed by atoms with Gasteiger partial charge >= 0.3 is 5.69 Å². The number of piperidine rings is 1. The number of amides is 1. The number of hydrogen-bond acceptors (Lipinski definition) is 6. The minimum absolute atomic E-state index is 0.0897. The fraction of sp³-hybridized carbons (Fsp3) is 0.667. The van der Waals surface area contributed by atoms with E-state index in [4.69, 9.17) is 5.73 Å². The Hall–Kier alpha value is -2.16. The lowest BCUT2D eigenvalue weighted by atomic mass is 10.1. The Bertz CT molecular complexity index is 641. The summed E-state index contributed by atoms with van der Waals surface area (Å²) in [5.41, 5.74) is 4.28. The summed E-state index contributed by atoms with van der Waals surface area (Å²) >= 11 is 0. The van der Waals surface area contributed by atoms with Crippen molar-refractivity contribution in [3.8, 4) is 0 Å². The Balaban J connectivity index is 2.03. The number of likely N-dealkylation sites (tertiary alicyclic amines) is 1. The van der Waals surface area contributed by atoms with E-state index in [0.717, 1.165) is 35.2 Å². The number of rotatable bonds is 4. The monoisotopic (exact) mass is 296 g/mol. The summed E-state index contributed by atoms with van der Waals surface area (Å²) in [6.45, 7) is 1.71. The number of nitrogens with one attached hydrogen (secondary N) is 1. The number of carbonyl (C=O) groups is 1. The summed E-state index contributed by atoms with van der Waals surface area (Å²) in [4.78, 5) is 36.4. The molecule has 0 bridgehead atoms. The number of anilines is 1. The fourth-order valence-electron chi connectivity index (χ4n) is 2.44. The third-order valence-corrected chi connectivity index (χ3v) is 3.63. The first kappa shape index (κ1) is 15.2. The number of carbonyl (C=O) groups excluding carboxylic acids is 1. The Morgan fingerprint density at radius 3 is 2.52 bits per heavy atom. The molecule has 0 aromatic carbocycles. The zero-order valence-corrected chi connectivity index (χ0v) is 12.2. The minimum Gasteiger partial charge on any atom is -0.369 e. The molecule has 0 aliphatic carbocycles. The van der Waals surface area contributed by atoms with Crippen molar-refractivity contribution in [2.45, 2.75) is 18.9 Å². The summed E-state index contributed by atoms with van der Waals surface area (Å²) in [6, 6.07) is 0.0897. The third-order valence-electron chi connectivity index (χ3n) is 3.63. The van der Waals surface area contributed by atoms with Crippen LogP contribution in [0.5, 0.6) is 0 Å². The van der Waals surface area contributed by atoms with Crippen LogP contribution in [0, 0.1) is 0 Å². The lowest BCUT2D eigenvalue weighted by molar-refractivity contribution is -0.119. The number of hydrogen-bond donors (Lipinski definition) is 2. The highest BCUT2D eigenvalue weighted by atomic mass is 16.2. The van der Waals surface area contributed by atoms with Crippen molar-refractivity contribution < 1.29 is 4.79 Å². The van der Waals surface area contributed by atoms with Gasteiger partial charge in [-0.3, -0.25) is 19.1 Å². The first-order valence-corrected chi connectivity index (χ1v) is 6.80. The maximum absolute atomic E-state index is 12.0. The van der Waals surface area contributed by atoms with Gasteiger partial charge in [0, 0.05) is 33.2 Å². The van der Waals surface area contributed by atoms with Crippen LogP contribution in [0.4, 0.5) is 5.82 Å². The number of primary amides is 1. The SMILES string of the molecule is Cn1nc(NC2CCN(CC(N)=O)CC2)c(=O)n(C)c1=O. The van der Waals surface area contributed by atoms with Crippen LogP contribution in [0.2, 0.25) is 0 Å². The molecule has 1 aromatic rings. The van der Waals surface area contributed by atoms with Gasteiger partial charge in [0.2, 0.25) is 11.7 Å². The van der Waals surface area contributed by atoms with Gasteiger partial charge in [-0.1, -0.05) is 0 Å². The highest BCUT2D eigenvalue weighted by molar-refractivity contribution is 5.75. The van der Waals surface area contributed by atoms with E-state index < -0.39 is 11.2 Å². The molecule has 1 fully saturated rings. The van der Waals surface area contributed by atoms with Crippen LogP contribution >= 0.6 is 0 Å². The van der Waals surface area contributed by atoms with Crippen LogP contribution < -0.4 is 22.3 Å². The summed E-state index contributed by atoms with van der Waals surface area (Å²) in [5.74, 6) is -0.164. The molecule has 1 aromatic heterocycles. The maximum atomic E-state index is 12.0. The molecule has 3 N–H and O–H groups in total. The zero-order valence-electron chi connectivity index (χ0n) is 12.2. The highest BCUT2D eigenvalue weighted by Crippen LogP contribution is 2.12. The molecule has 1 aliphatic heterocycles. The second-order valence-electron chi connectivity index (χ2n) is 5.28. The van der Waals surface area contributed by atoms with E-state index in [1.165, 1.54) is 14.1 Å². The average molecular weight is 296 g/mol. The van der Waals surface area contributed by atoms with Gasteiger partial charge in [0.05, 0.1) is 6.54 Å². The van der Waals surface area contributed by atoms with Crippen LogP contribution in [0.1, 0.15) is 12.8 Å². The van der Waals surface area contributed by atoms with E-state index in [1.807, 2.05) is 4.90 Å². The normalized spacial score (nSPS) is 16.9. The molecule has 9 nitrogen and oxygen atoms in total. The number of aromatic nitrogens is 3. The van der Waals surface area contributed by atoms with E-state index >= 15 is 0 Å². The third kappa shape index (κ3) is 3.48. The van der Waals surface area contributed by atoms with Crippen molar-refractivity contribution >= 4 is 11.7 Å². The maximum Gasteiger partial charge on any atom is 0.346 e. The number of nitrogens with zero attached hydrogens (tertiary/aromatic N) is 4. The second-order valence-corrected chi connectivity index (χ2v) is 5.28. The highest BCUT2D eigenvalue weighted by Gasteiger charge is 2.21. The Labute approximate surface area is 121 Å². The van der Waals surface area contributed by atoms with Gasteiger partial charge in [-0.25, -0.2) is 9.48 Å². The first-order valence-electron chi connectivity index (χ1n) is 6.80. The van der Waals surface area contributed by atoms with Crippen LogP contribution in [0.3, 0.4) is 0 Å². The van der Waals surface area contributed by atoms with E-state index in [9.17, 15) is 14.4 Å². The van der Waals surface area contributed by atoms with Crippen molar-refractivity contribution in [3.63, 3.8) is 0 Å². The van der Waals surface area contributed by atoms with Crippen molar-refractivity contribution in [2.24, 2.45) is 19.8 Å². The van der Waals surface area contributed by atoms with Gasteiger partial charge in [0.1, 0.15) is 0 Å². The molecule has 21 heavy (non-hydrogen) atoms. The van der Waals surface area contributed by atoms with Crippen LogP contribution in [-0.2, 0) is 18.9 Å². The molecule has 1 aliphatic rings. The van der Waals surface area contributed by atoms with Gasteiger partial charge < -0.3 is 11.1 Å². The van der Waals surface area contributed by atoms with E-state index in [0.29, 0.717) is 0 Å². The van der Waals surface area contributed by atoms with Gasteiger partial charge in [-0.15, -0.1) is 5.10 Å². The molecule has 9 heteroatoms. The molecule has 0 radical (unpaired) electrons. The molecule has 2 heterocycles. The van der Waals surface area contributed by atoms with Gasteiger partial charge in [-0.05, 0) is 12.8 Å². The minimum atomic E-state index is -0.457. The average Bonchev–Trinajstić information content (AvgIpc) is 2.44. The lowest BCUT2D eigenvalue weighted by Crippen LogP contribution is -2.45. The fourth-order valence-corrected chi connectivity index (χ4v) is 2.44. The Kier molecular flexibility index (Phi) is 4.41. The van der Waals surface area contributed by atoms with Gasteiger partial charge in [0.15, 0.2) is 0 Å². The van der Waals surface area contributed by atoms with Crippen LogP contribution in [0.25, 0.3) is 0 Å².